The van der Waals surface area contributed by atoms with Crippen LogP contribution in [0.4, 0.5) is 0 Å². The van der Waals surface area contributed by atoms with Crippen molar-refractivity contribution >= 4 is 5.91 Å². The predicted molar refractivity (Wildman–Crippen MR) is 99.5 cm³/mol. The fourth-order valence-electron chi connectivity index (χ4n) is 5.75. The zero-order valence-electron chi connectivity index (χ0n) is 15.8. The van der Waals surface area contributed by atoms with Crippen molar-refractivity contribution in [3.63, 3.8) is 0 Å². The molecule has 7 nitrogen and oxygen atoms in total. The molecule has 1 amide bonds. The second-order valence-corrected chi connectivity index (χ2v) is 8.33. The van der Waals surface area contributed by atoms with Gasteiger partial charge in [-0.1, -0.05) is 11.2 Å². The molecule has 7 rings (SSSR count). The molecule has 3 atom stereocenters. The van der Waals surface area contributed by atoms with E-state index in [1.165, 1.54) is 18.4 Å². The third-order valence-corrected chi connectivity index (χ3v) is 7.06. The van der Waals surface area contributed by atoms with Crippen molar-refractivity contribution in [1.82, 2.24) is 15.0 Å². The van der Waals surface area contributed by atoms with Gasteiger partial charge in [-0.2, -0.15) is 0 Å². The maximum absolute atomic E-state index is 13.4. The van der Waals surface area contributed by atoms with E-state index in [2.05, 4.69) is 27.1 Å². The summed E-state index contributed by atoms with van der Waals surface area (Å²) >= 11 is 0. The second-order valence-electron chi connectivity index (χ2n) is 8.33. The first kappa shape index (κ1) is 16.4. The van der Waals surface area contributed by atoms with Crippen LogP contribution >= 0.6 is 0 Å². The van der Waals surface area contributed by atoms with Crippen molar-refractivity contribution in [3.8, 4) is 11.5 Å². The third kappa shape index (κ3) is 2.25. The Morgan fingerprint density at radius 3 is 2.75 bits per heavy atom. The summed E-state index contributed by atoms with van der Waals surface area (Å²) in [5.41, 5.74) is 1.81. The van der Waals surface area contributed by atoms with Gasteiger partial charge in [0.1, 0.15) is 11.3 Å². The number of hydrogen-bond donors (Lipinski definition) is 0. The minimum Gasteiger partial charge on any atom is -0.454 e. The summed E-state index contributed by atoms with van der Waals surface area (Å²) in [5, 5.41) is 3.82. The first-order valence-corrected chi connectivity index (χ1v) is 10.1. The molecule has 0 unspecified atom stereocenters. The number of aryl methyl sites for hydroxylation is 1. The zero-order valence-corrected chi connectivity index (χ0v) is 15.8. The topological polar surface area (TPSA) is 68.0 Å². The largest absolute Gasteiger partial charge is 0.454 e. The molecule has 146 valence electrons. The minimum absolute atomic E-state index is 0.0470. The molecular weight excluding hydrogens is 358 g/mol. The average molecular weight is 381 g/mol. The van der Waals surface area contributed by atoms with Gasteiger partial charge in [0.15, 0.2) is 11.5 Å². The van der Waals surface area contributed by atoms with Crippen molar-refractivity contribution in [2.24, 2.45) is 5.92 Å². The maximum atomic E-state index is 13.4. The van der Waals surface area contributed by atoms with Gasteiger partial charge in [0.05, 0.1) is 12.2 Å². The van der Waals surface area contributed by atoms with E-state index in [0.29, 0.717) is 29.8 Å². The van der Waals surface area contributed by atoms with Crippen LogP contribution in [0.2, 0.25) is 0 Å². The lowest BCUT2D eigenvalue weighted by atomic mass is 9.75. The number of rotatable bonds is 2. The number of amides is 1. The van der Waals surface area contributed by atoms with E-state index in [4.69, 9.17) is 14.0 Å². The molecule has 0 saturated carbocycles. The van der Waals surface area contributed by atoms with Gasteiger partial charge in [-0.25, -0.2) is 0 Å². The molecule has 2 bridgehead atoms. The van der Waals surface area contributed by atoms with E-state index in [-0.39, 0.29) is 24.7 Å². The van der Waals surface area contributed by atoms with Crippen LogP contribution in [-0.4, -0.2) is 59.4 Å². The average Bonchev–Trinajstić information content (AvgIpc) is 3.46. The highest BCUT2D eigenvalue weighted by atomic mass is 16.7. The summed E-state index contributed by atoms with van der Waals surface area (Å²) in [6.45, 7) is 5.05. The number of hydrogen-bond acceptors (Lipinski definition) is 6. The van der Waals surface area contributed by atoms with Gasteiger partial charge in [0.25, 0.3) is 5.91 Å². The van der Waals surface area contributed by atoms with E-state index in [9.17, 15) is 4.79 Å². The van der Waals surface area contributed by atoms with Crippen LogP contribution in [0.15, 0.2) is 28.9 Å². The van der Waals surface area contributed by atoms with Crippen LogP contribution in [0.5, 0.6) is 11.5 Å². The molecule has 4 saturated heterocycles. The normalized spacial score (nSPS) is 32.6. The number of piperidine rings is 3. The Labute approximate surface area is 163 Å². The van der Waals surface area contributed by atoms with Crippen molar-refractivity contribution in [1.29, 1.82) is 0 Å². The highest BCUT2D eigenvalue weighted by Gasteiger charge is 2.55. The third-order valence-electron chi connectivity index (χ3n) is 7.06. The number of aromatic nitrogens is 1. The Bertz CT molecular complexity index is 933. The predicted octanol–water partition coefficient (Wildman–Crippen LogP) is 2.41. The van der Waals surface area contributed by atoms with E-state index < -0.39 is 0 Å². The van der Waals surface area contributed by atoms with Crippen LogP contribution in [0.1, 0.15) is 40.4 Å². The Morgan fingerprint density at radius 1 is 1.14 bits per heavy atom. The summed E-state index contributed by atoms with van der Waals surface area (Å²) in [5.74, 6) is 3.09. The molecule has 4 fully saturated rings. The Balaban J connectivity index is 1.39. The van der Waals surface area contributed by atoms with E-state index >= 15 is 0 Å². The fraction of sp³-hybridized carbons (Fsp3) is 0.524. The van der Waals surface area contributed by atoms with E-state index in [0.717, 1.165) is 24.6 Å². The van der Waals surface area contributed by atoms with Crippen LogP contribution in [0.25, 0.3) is 0 Å². The molecular formula is C21H23N3O4. The minimum atomic E-state index is 0.0470. The standard InChI is InChI=1S/C21H23N3O4/c1-12-15(9-22-28-12)21(25)24-10-16(14-2-3-17-18(8-14)27-11-26-17)20-19(24)13-4-6-23(20)7-5-13/h2-3,8-9,13,16,19-20H,4-7,10-11H2,1H3/t16-,19+,20+/m0/s1. The van der Waals surface area contributed by atoms with Crippen molar-refractivity contribution in [2.45, 2.75) is 37.8 Å². The molecule has 0 spiro atoms. The summed E-state index contributed by atoms with van der Waals surface area (Å²) in [7, 11) is 0. The van der Waals surface area contributed by atoms with Crippen molar-refractivity contribution in [3.05, 3.63) is 41.3 Å². The van der Waals surface area contributed by atoms with E-state index in [1.807, 2.05) is 6.07 Å². The van der Waals surface area contributed by atoms with Crippen LogP contribution in [-0.2, 0) is 0 Å². The number of carbonyl (C=O) groups excluding carboxylic acids is 1. The molecule has 5 aliphatic heterocycles. The molecule has 0 aliphatic carbocycles. The molecule has 1 aromatic heterocycles. The molecule has 0 radical (unpaired) electrons. The molecule has 0 N–H and O–H groups in total. The van der Waals surface area contributed by atoms with Gasteiger partial charge in [-0.3, -0.25) is 9.69 Å². The van der Waals surface area contributed by atoms with Gasteiger partial charge >= 0.3 is 0 Å². The molecule has 6 heterocycles. The summed E-state index contributed by atoms with van der Waals surface area (Å²) < 4.78 is 16.3. The highest BCUT2D eigenvalue weighted by Crippen LogP contribution is 2.48. The molecule has 28 heavy (non-hydrogen) atoms. The first-order valence-electron chi connectivity index (χ1n) is 10.1. The Hall–Kier alpha value is -2.54. The number of fused-ring (bicyclic) bond motifs is 3. The van der Waals surface area contributed by atoms with Gasteiger partial charge < -0.3 is 18.9 Å². The molecule has 7 heteroatoms. The maximum Gasteiger partial charge on any atom is 0.259 e. The molecule has 2 aromatic rings. The second kappa shape index (κ2) is 5.98. The quantitative estimate of drug-likeness (QED) is 0.796. The molecule has 1 aromatic carbocycles. The number of carbonyl (C=O) groups is 1. The summed E-state index contributed by atoms with van der Waals surface area (Å²) in [6, 6.07) is 6.85. The first-order chi connectivity index (χ1) is 13.7. The SMILES string of the molecule is Cc1oncc1C(=O)N1C[C@@H](c2ccc3c(c2)OCO3)[C@@H]2[C@H]1C1CCN2CC1. The smallest absolute Gasteiger partial charge is 0.259 e. The lowest BCUT2D eigenvalue weighted by Crippen LogP contribution is -2.60. The van der Waals surface area contributed by atoms with Gasteiger partial charge in [-0.15, -0.1) is 0 Å². The molecule has 5 aliphatic rings. The number of nitrogens with zero attached hydrogens (tertiary/aromatic N) is 3. The lowest BCUT2D eigenvalue weighted by Gasteiger charge is -2.51. The lowest BCUT2D eigenvalue weighted by molar-refractivity contribution is -0.00346. The Morgan fingerprint density at radius 2 is 1.96 bits per heavy atom. The highest BCUT2D eigenvalue weighted by molar-refractivity contribution is 5.95. The van der Waals surface area contributed by atoms with Crippen molar-refractivity contribution < 1.29 is 18.8 Å². The van der Waals surface area contributed by atoms with Crippen LogP contribution < -0.4 is 9.47 Å². The number of likely N-dealkylation sites (tertiary alicyclic amines) is 1. The number of benzene rings is 1. The monoisotopic (exact) mass is 381 g/mol. The van der Waals surface area contributed by atoms with Gasteiger partial charge in [0, 0.05) is 18.5 Å². The van der Waals surface area contributed by atoms with E-state index in [1.54, 1.807) is 13.1 Å². The summed E-state index contributed by atoms with van der Waals surface area (Å²) in [6.07, 6.45) is 3.89. The van der Waals surface area contributed by atoms with Gasteiger partial charge in [0.2, 0.25) is 6.79 Å². The summed E-state index contributed by atoms with van der Waals surface area (Å²) in [4.78, 5) is 18.1. The zero-order chi connectivity index (χ0) is 18.8. The van der Waals surface area contributed by atoms with Crippen molar-refractivity contribution in [2.75, 3.05) is 26.4 Å². The fourth-order valence-corrected chi connectivity index (χ4v) is 5.75. The van der Waals surface area contributed by atoms with Crippen LogP contribution in [0, 0.1) is 12.8 Å². The van der Waals surface area contributed by atoms with Crippen LogP contribution in [0.3, 0.4) is 0 Å². The van der Waals surface area contributed by atoms with Gasteiger partial charge in [-0.05, 0) is 56.5 Å². The Kier molecular flexibility index (Phi) is 3.50. The number of ether oxygens (including phenoxy) is 2.